The van der Waals surface area contributed by atoms with Crippen LogP contribution in [0.25, 0.3) is 0 Å². The summed E-state index contributed by atoms with van der Waals surface area (Å²) >= 11 is 3.46. The number of halogens is 1. The summed E-state index contributed by atoms with van der Waals surface area (Å²) in [6.07, 6.45) is 3.70. The van der Waals surface area contributed by atoms with Gasteiger partial charge >= 0.3 is 0 Å². The number of aromatic amines is 1. The lowest BCUT2D eigenvalue weighted by Crippen LogP contribution is -2.16. The maximum atomic E-state index is 5.41. The van der Waals surface area contributed by atoms with Crippen LogP contribution >= 0.6 is 15.9 Å². The van der Waals surface area contributed by atoms with Crippen LogP contribution in [0, 0.1) is 6.92 Å². The van der Waals surface area contributed by atoms with Gasteiger partial charge in [0.05, 0.1) is 5.69 Å². The van der Waals surface area contributed by atoms with E-state index in [4.69, 9.17) is 4.42 Å². The molecule has 0 fully saturated rings. The Morgan fingerprint density at radius 1 is 1.62 bits per heavy atom. The van der Waals surface area contributed by atoms with Crippen LogP contribution in [0.15, 0.2) is 21.5 Å². The minimum atomic E-state index is 0.314. The molecule has 5 heteroatoms. The van der Waals surface area contributed by atoms with E-state index in [0.717, 1.165) is 28.4 Å². The average molecular weight is 282 g/mol. The van der Waals surface area contributed by atoms with E-state index in [2.05, 4.69) is 37.8 Å². The molecule has 0 saturated carbocycles. The van der Waals surface area contributed by atoms with Gasteiger partial charge in [-0.1, -0.05) is 0 Å². The number of aryl methyl sites for hydroxylation is 1. The fourth-order valence-electron chi connectivity index (χ4n) is 2.28. The number of hydrogen-bond acceptors (Lipinski definition) is 3. The predicted octanol–water partition coefficient (Wildman–Crippen LogP) is 2.66. The second-order valence-electron chi connectivity index (χ2n) is 4.17. The molecule has 0 aliphatic carbocycles. The molecular weight excluding hydrogens is 270 g/mol. The molecular formula is C11H12BrN3O. The average Bonchev–Trinajstić information content (AvgIpc) is 2.88. The second kappa shape index (κ2) is 3.38. The van der Waals surface area contributed by atoms with Gasteiger partial charge in [-0.25, -0.2) is 4.98 Å². The number of hydrogen-bond donors (Lipinski definition) is 1. The molecule has 0 radical (unpaired) electrons. The quantitative estimate of drug-likeness (QED) is 0.874. The summed E-state index contributed by atoms with van der Waals surface area (Å²) in [6.45, 7) is 2.93. The van der Waals surface area contributed by atoms with E-state index in [1.165, 1.54) is 5.56 Å². The van der Waals surface area contributed by atoms with Gasteiger partial charge < -0.3 is 14.3 Å². The van der Waals surface area contributed by atoms with Gasteiger partial charge in [-0.3, -0.25) is 0 Å². The summed E-state index contributed by atoms with van der Waals surface area (Å²) in [5, 5.41) is 0. The van der Waals surface area contributed by atoms with Gasteiger partial charge in [-0.05, 0) is 22.9 Å². The van der Waals surface area contributed by atoms with E-state index in [-0.39, 0.29) is 0 Å². The highest BCUT2D eigenvalue weighted by molar-refractivity contribution is 9.10. The van der Waals surface area contributed by atoms with Crippen LogP contribution in [-0.4, -0.2) is 23.6 Å². The molecule has 16 heavy (non-hydrogen) atoms. The summed E-state index contributed by atoms with van der Waals surface area (Å²) in [6, 6.07) is 0. The molecule has 1 unspecified atom stereocenters. The second-order valence-corrected chi connectivity index (χ2v) is 4.89. The summed E-state index contributed by atoms with van der Waals surface area (Å²) in [7, 11) is 2.07. The zero-order valence-corrected chi connectivity index (χ0v) is 10.7. The highest BCUT2D eigenvalue weighted by atomic mass is 79.9. The van der Waals surface area contributed by atoms with Crippen molar-refractivity contribution in [1.29, 1.82) is 0 Å². The van der Waals surface area contributed by atoms with Crippen molar-refractivity contribution in [3.8, 4) is 0 Å². The predicted molar refractivity (Wildman–Crippen MR) is 64.8 cm³/mol. The molecule has 0 saturated heterocycles. The number of H-pyrrole nitrogens is 1. The maximum Gasteiger partial charge on any atom is 0.175 e. The van der Waals surface area contributed by atoms with E-state index in [1.807, 2.05) is 13.1 Å². The number of rotatable bonds is 1. The summed E-state index contributed by atoms with van der Waals surface area (Å²) in [4.78, 5) is 9.75. The van der Waals surface area contributed by atoms with E-state index in [9.17, 15) is 0 Å². The van der Waals surface area contributed by atoms with Crippen LogP contribution in [0.5, 0.6) is 0 Å². The van der Waals surface area contributed by atoms with Crippen LogP contribution < -0.4 is 4.90 Å². The van der Waals surface area contributed by atoms with E-state index < -0.39 is 0 Å². The van der Waals surface area contributed by atoms with Crippen molar-refractivity contribution in [3.05, 3.63) is 34.2 Å². The van der Waals surface area contributed by atoms with Crippen LogP contribution in [0.2, 0.25) is 0 Å². The standard InChI is InChI=1S/C11H12BrN3O/c1-6-13-3-8(14-6)7-4-15(2)9-5-16-11(12)10(7)9/h3,5,7H,4H2,1-2H3,(H,13,14). The number of furan rings is 1. The molecule has 2 aromatic heterocycles. The van der Waals surface area contributed by atoms with E-state index in [1.54, 1.807) is 6.26 Å². The molecule has 3 rings (SSSR count). The third kappa shape index (κ3) is 1.31. The highest BCUT2D eigenvalue weighted by Crippen LogP contribution is 2.44. The Labute approximate surface area is 102 Å². The third-order valence-electron chi connectivity index (χ3n) is 3.08. The topological polar surface area (TPSA) is 45.1 Å². The number of anilines is 1. The largest absolute Gasteiger partial charge is 0.455 e. The van der Waals surface area contributed by atoms with Gasteiger partial charge in [0.15, 0.2) is 4.67 Å². The van der Waals surface area contributed by atoms with Crippen molar-refractivity contribution in [2.45, 2.75) is 12.8 Å². The van der Waals surface area contributed by atoms with Crippen molar-refractivity contribution in [2.75, 3.05) is 18.5 Å². The van der Waals surface area contributed by atoms with Gasteiger partial charge in [0.25, 0.3) is 0 Å². The molecule has 84 valence electrons. The van der Waals surface area contributed by atoms with Crippen LogP contribution in [0.4, 0.5) is 5.69 Å². The Balaban J connectivity index is 2.09. The van der Waals surface area contributed by atoms with Gasteiger partial charge in [0, 0.05) is 37.0 Å². The first-order valence-corrected chi connectivity index (χ1v) is 5.95. The zero-order chi connectivity index (χ0) is 11.3. The van der Waals surface area contributed by atoms with Gasteiger partial charge in [0.2, 0.25) is 0 Å². The number of nitrogens with zero attached hydrogens (tertiary/aromatic N) is 2. The first kappa shape index (κ1) is 9.96. The molecule has 3 heterocycles. The van der Waals surface area contributed by atoms with Gasteiger partial charge in [-0.2, -0.15) is 0 Å². The lowest BCUT2D eigenvalue weighted by molar-refractivity contribution is 0.530. The number of fused-ring (bicyclic) bond motifs is 1. The Kier molecular flexibility index (Phi) is 2.10. The van der Waals surface area contributed by atoms with Crippen molar-refractivity contribution >= 4 is 21.6 Å². The van der Waals surface area contributed by atoms with E-state index >= 15 is 0 Å². The Hall–Kier alpha value is -1.23. The van der Waals surface area contributed by atoms with Crippen molar-refractivity contribution in [1.82, 2.24) is 9.97 Å². The number of aromatic nitrogens is 2. The first-order valence-electron chi connectivity index (χ1n) is 5.16. The number of imidazole rings is 1. The maximum absolute atomic E-state index is 5.41. The number of nitrogens with one attached hydrogen (secondary N) is 1. The number of likely N-dealkylation sites (N-methyl/N-ethyl adjacent to an activating group) is 1. The molecule has 1 atom stereocenters. The van der Waals surface area contributed by atoms with Crippen LogP contribution in [-0.2, 0) is 0 Å². The van der Waals surface area contributed by atoms with Crippen molar-refractivity contribution in [3.63, 3.8) is 0 Å². The minimum Gasteiger partial charge on any atom is -0.455 e. The van der Waals surface area contributed by atoms with E-state index in [0.29, 0.717) is 5.92 Å². The normalized spacial score (nSPS) is 19.2. The summed E-state index contributed by atoms with van der Waals surface area (Å²) in [5.41, 5.74) is 3.51. The third-order valence-corrected chi connectivity index (χ3v) is 3.69. The Morgan fingerprint density at radius 2 is 2.44 bits per heavy atom. The fraction of sp³-hybridized carbons (Fsp3) is 0.364. The summed E-state index contributed by atoms with van der Waals surface area (Å²) in [5.74, 6) is 1.26. The van der Waals surface area contributed by atoms with Crippen LogP contribution in [0.1, 0.15) is 23.0 Å². The first-order chi connectivity index (χ1) is 7.66. The molecule has 0 spiro atoms. The SMILES string of the molecule is Cc1ncc(C2CN(C)c3coc(Br)c32)[nH]1. The fourth-order valence-corrected chi connectivity index (χ4v) is 2.85. The smallest absolute Gasteiger partial charge is 0.175 e. The van der Waals surface area contributed by atoms with Crippen LogP contribution in [0.3, 0.4) is 0 Å². The van der Waals surface area contributed by atoms with Gasteiger partial charge in [-0.15, -0.1) is 0 Å². The molecule has 4 nitrogen and oxygen atoms in total. The molecule has 0 amide bonds. The van der Waals surface area contributed by atoms with Gasteiger partial charge in [0.1, 0.15) is 12.1 Å². The monoisotopic (exact) mass is 281 g/mol. The lowest BCUT2D eigenvalue weighted by atomic mass is 10.0. The molecule has 1 N–H and O–H groups in total. The molecule has 0 aromatic carbocycles. The molecule has 1 aliphatic rings. The lowest BCUT2D eigenvalue weighted by Gasteiger charge is -2.11. The molecule has 2 aromatic rings. The highest BCUT2D eigenvalue weighted by Gasteiger charge is 2.33. The summed E-state index contributed by atoms with van der Waals surface area (Å²) < 4.78 is 6.23. The minimum absolute atomic E-state index is 0.314. The molecule has 1 aliphatic heterocycles. The zero-order valence-electron chi connectivity index (χ0n) is 9.12. The van der Waals surface area contributed by atoms with Crippen molar-refractivity contribution < 1.29 is 4.42 Å². The molecule has 0 bridgehead atoms. The Morgan fingerprint density at radius 3 is 3.12 bits per heavy atom. The van der Waals surface area contributed by atoms with Crippen molar-refractivity contribution in [2.24, 2.45) is 0 Å². The Bertz CT molecular complexity index is 531.